The first-order valence-corrected chi connectivity index (χ1v) is 4.33. The molecule has 0 aliphatic heterocycles. The fourth-order valence-corrected chi connectivity index (χ4v) is 1.68. The Balaban J connectivity index is 2.72. The fraction of sp³-hybridized carbons (Fsp3) is 0. The Morgan fingerprint density at radius 1 is 1.00 bits per heavy atom. The second-order valence-corrected chi connectivity index (χ2v) is 3.35. The molecular formula is C10H8N2S. The van der Waals surface area contributed by atoms with Gasteiger partial charge in [-0.1, -0.05) is 24.3 Å². The first-order chi connectivity index (χ1) is 6.20. The minimum Gasteiger partial charge on any atom is -0.299 e. The molecule has 64 valence electrons. The lowest BCUT2D eigenvalue weighted by atomic mass is 9.94. The molecule has 0 radical (unpaired) electrons. The predicted molar refractivity (Wildman–Crippen MR) is 58.0 cm³/mol. The molecule has 1 aliphatic rings. The van der Waals surface area contributed by atoms with Crippen LogP contribution in [0.25, 0.3) is 4.91 Å². The maximum absolute atomic E-state index is 7.66. The molecule has 2 nitrogen and oxygen atoms in total. The monoisotopic (exact) mass is 188 g/mol. The summed E-state index contributed by atoms with van der Waals surface area (Å²) in [6.45, 7) is 0. The largest absolute Gasteiger partial charge is 0.299 e. The van der Waals surface area contributed by atoms with Gasteiger partial charge in [0, 0.05) is 10.5 Å². The summed E-state index contributed by atoms with van der Waals surface area (Å²) in [7, 11) is 0. The summed E-state index contributed by atoms with van der Waals surface area (Å²) >= 11 is 4.26. The number of allylic oxidation sites excluding steroid dienone is 1. The van der Waals surface area contributed by atoms with Crippen molar-refractivity contribution in [2.24, 2.45) is 0 Å². The van der Waals surface area contributed by atoms with E-state index in [1.807, 2.05) is 24.3 Å². The Bertz CT molecular complexity index is 432. The van der Waals surface area contributed by atoms with Crippen molar-refractivity contribution in [2.75, 3.05) is 0 Å². The zero-order valence-electron chi connectivity index (χ0n) is 6.83. The molecule has 0 fully saturated rings. The smallest absolute Gasteiger partial charge is 0.0868 e. The van der Waals surface area contributed by atoms with Gasteiger partial charge in [-0.3, -0.25) is 10.8 Å². The molecule has 0 bridgehead atoms. The van der Waals surface area contributed by atoms with E-state index in [4.69, 9.17) is 10.8 Å². The number of fused-ring (bicyclic) bond motifs is 1. The van der Waals surface area contributed by atoms with Crippen LogP contribution in [0.4, 0.5) is 0 Å². The average molecular weight is 188 g/mol. The molecule has 2 rings (SSSR count). The highest BCUT2D eigenvalue weighted by molar-refractivity contribution is 7.90. The van der Waals surface area contributed by atoms with Gasteiger partial charge in [-0.05, 0) is 11.6 Å². The third-order valence-corrected chi connectivity index (χ3v) is 2.39. The molecule has 0 aromatic heterocycles. The summed E-state index contributed by atoms with van der Waals surface area (Å²) in [4.78, 5) is 0.761. The van der Waals surface area contributed by atoms with Crippen LogP contribution in [0.5, 0.6) is 0 Å². The molecule has 0 atom stereocenters. The Kier molecular flexibility index (Phi) is 1.81. The van der Waals surface area contributed by atoms with Crippen molar-refractivity contribution in [1.29, 1.82) is 10.8 Å². The Labute approximate surface area is 81.7 Å². The SMILES string of the molecule is N=C1C=C(S)c2ccccc2C1=N. The van der Waals surface area contributed by atoms with Crippen LogP contribution in [0.1, 0.15) is 11.1 Å². The number of hydrogen-bond donors (Lipinski definition) is 3. The van der Waals surface area contributed by atoms with E-state index in [-0.39, 0.29) is 11.4 Å². The first kappa shape index (κ1) is 8.26. The molecule has 0 saturated carbocycles. The Morgan fingerprint density at radius 2 is 1.62 bits per heavy atom. The van der Waals surface area contributed by atoms with E-state index in [2.05, 4.69) is 12.6 Å². The molecule has 13 heavy (non-hydrogen) atoms. The zero-order chi connectivity index (χ0) is 9.42. The Hall–Kier alpha value is -1.35. The van der Waals surface area contributed by atoms with Gasteiger partial charge in [-0.15, -0.1) is 12.6 Å². The lowest BCUT2D eigenvalue weighted by Gasteiger charge is -2.15. The molecule has 0 unspecified atom stereocenters. The highest BCUT2D eigenvalue weighted by Crippen LogP contribution is 2.26. The van der Waals surface area contributed by atoms with Crippen LogP contribution in [-0.4, -0.2) is 11.4 Å². The summed E-state index contributed by atoms with van der Waals surface area (Å²) in [6, 6.07) is 7.53. The highest BCUT2D eigenvalue weighted by Gasteiger charge is 2.17. The average Bonchev–Trinajstić information content (AvgIpc) is 2.15. The van der Waals surface area contributed by atoms with E-state index in [0.717, 1.165) is 16.0 Å². The molecule has 1 aromatic rings. The topological polar surface area (TPSA) is 47.7 Å². The quantitative estimate of drug-likeness (QED) is 0.523. The van der Waals surface area contributed by atoms with Gasteiger partial charge < -0.3 is 0 Å². The Morgan fingerprint density at radius 3 is 2.31 bits per heavy atom. The normalized spacial score (nSPS) is 15.3. The summed E-state index contributed by atoms with van der Waals surface area (Å²) in [5.74, 6) is 0. The van der Waals surface area contributed by atoms with E-state index >= 15 is 0 Å². The minimum atomic E-state index is 0.226. The number of nitrogens with one attached hydrogen (secondary N) is 2. The summed E-state index contributed by atoms with van der Waals surface area (Å²) in [6.07, 6.45) is 1.60. The minimum absolute atomic E-state index is 0.226. The standard InChI is InChI=1S/C10H8N2S/c11-8-5-9(13)6-3-1-2-4-7(6)10(8)12/h1-5,11-13H. The van der Waals surface area contributed by atoms with Gasteiger partial charge in [0.15, 0.2) is 0 Å². The van der Waals surface area contributed by atoms with Crippen molar-refractivity contribution >= 4 is 29.0 Å². The number of thiol groups is 1. The van der Waals surface area contributed by atoms with Crippen LogP contribution in [0.2, 0.25) is 0 Å². The van der Waals surface area contributed by atoms with Crippen molar-refractivity contribution in [3.8, 4) is 0 Å². The third-order valence-electron chi connectivity index (χ3n) is 2.02. The molecule has 3 heteroatoms. The van der Waals surface area contributed by atoms with Crippen LogP contribution in [0.15, 0.2) is 30.3 Å². The molecule has 0 heterocycles. The molecule has 0 saturated heterocycles. The van der Waals surface area contributed by atoms with Gasteiger partial charge in [0.1, 0.15) is 0 Å². The molecule has 1 aromatic carbocycles. The van der Waals surface area contributed by atoms with E-state index in [0.29, 0.717) is 0 Å². The van der Waals surface area contributed by atoms with Crippen molar-refractivity contribution in [3.63, 3.8) is 0 Å². The van der Waals surface area contributed by atoms with Crippen molar-refractivity contribution in [2.45, 2.75) is 0 Å². The van der Waals surface area contributed by atoms with Gasteiger partial charge in [0.25, 0.3) is 0 Å². The zero-order valence-corrected chi connectivity index (χ0v) is 7.73. The highest BCUT2D eigenvalue weighted by atomic mass is 32.1. The van der Waals surface area contributed by atoms with E-state index < -0.39 is 0 Å². The van der Waals surface area contributed by atoms with Gasteiger partial charge in [-0.2, -0.15) is 0 Å². The van der Waals surface area contributed by atoms with Gasteiger partial charge in [0.2, 0.25) is 0 Å². The van der Waals surface area contributed by atoms with Crippen LogP contribution < -0.4 is 0 Å². The van der Waals surface area contributed by atoms with Gasteiger partial charge >= 0.3 is 0 Å². The number of hydrogen-bond acceptors (Lipinski definition) is 3. The lowest BCUT2D eigenvalue weighted by Crippen LogP contribution is -2.16. The maximum atomic E-state index is 7.66. The number of benzene rings is 1. The third kappa shape index (κ3) is 1.21. The fourth-order valence-electron chi connectivity index (χ4n) is 1.36. The van der Waals surface area contributed by atoms with Crippen LogP contribution in [0.3, 0.4) is 0 Å². The first-order valence-electron chi connectivity index (χ1n) is 3.88. The predicted octanol–water partition coefficient (Wildman–Crippen LogP) is 2.36. The maximum Gasteiger partial charge on any atom is 0.0868 e. The lowest BCUT2D eigenvalue weighted by molar-refractivity contribution is 1.45. The van der Waals surface area contributed by atoms with Crippen molar-refractivity contribution < 1.29 is 0 Å². The molecule has 0 amide bonds. The second-order valence-electron chi connectivity index (χ2n) is 2.86. The summed E-state index contributed by atoms with van der Waals surface area (Å²) < 4.78 is 0. The van der Waals surface area contributed by atoms with E-state index in [1.54, 1.807) is 6.08 Å². The van der Waals surface area contributed by atoms with Crippen molar-refractivity contribution in [3.05, 3.63) is 41.5 Å². The summed E-state index contributed by atoms with van der Waals surface area (Å²) in [5, 5.41) is 15.2. The van der Waals surface area contributed by atoms with Gasteiger partial charge in [-0.25, -0.2) is 0 Å². The van der Waals surface area contributed by atoms with Crippen molar-refractivity contribution in [1.82, 2.24) is 0 Å². The van der Waals surface area contributed by atoms with Crippen LogP contribution in [0, 0.1) is 10.8 Å². The molecule has 1 aliphatic carbocycles. The van der Waals surface area contributed by atoms with E-state index in [9.17, 15) is 0 Å². The van der Waals surface area contributed by atoms with Crippen LogP contribution >= 0.6 is 12.6 Å². The molecule has 0 spiro atoms. The summed E-state index contributed by atoms with van der Waals surface area (Å²) in [5.41, 5.74) is 2.23. The molecule has 2 N–H and O–H groups in total. The van der Waals surface area contributed by atoms with Gasteiger partial charge in [0.05, 0.1) is 11.4 Å². The van der Waals surface area contributed by atoms with Crippen LogP contribution in [-0.2, 0) is 0 Å². The van der Waals surface area contributed by atoms with E-state index in [1.165, 1.54) is 0 Å². The number of rotatable bonds is 0. The molecular weight excluding hydrogens is 180 g/mol. The second kappa shape index (κ2) is 2.85.